The fourth-order valence-electron chi connectivity index (χ4n) is 7.47. The van der Waals surface area contributed by atoms with Crippen molar-refractivity contribution in [2.75, 3.05) is 42.7 Å². The van der Waals surface area contributed by atoms with Crippen molar-refractivity contribution in [3.8, 4) is 0 Å². The minimum absolute atomic E-state index is 0.217. The average Bonchev–Trinajstić information content (AvgIpc) is 2.89. The number of rotatable bonds is 11. The van der Waals surface area contributed by atoms with E-state index in [0.29, 0.717) is 36.5 Å². The van der Waals surface area contributed by atoms with Crippen LogP contribution in [0.15, 0.2) is 48.5 Å². The first-order valence-electron chi connectivity index (χ1n) is 13.9. The number of benzene rings is 2. The SMILES string of the molecule is COCCCNC(=O)c1ccccc1NC(=O)CN(c1ccc(C23CC4CC(CC(C4)C2)C3)cc1)S(C)(=O)=O. The maximum absolute atomic E-state index is 13.0. The number of carbonyl (C=O) groups excluding carboxylic acids is 2. The van der Waals surface area contributed by atoms with Gasteiger partial charge >= 0.3 is 0 Å². The molecule has 2 N–H and O–H groups in total. The second-order valence-electron chi connectivity index (χ2n) is 11.7. The monoisotopic (exact) mass is 553 g/mol. The summed E-state index contributed by atoms with van der Waals surface area (Å²) in [6.45, 7) is 0.582. The number of carbonyl (C=O) groups is 2. The van der Waals surface area contributed by atoms with Crippen LogP contribution in [0.2, 0.25) is 0 Å². The third kappa shape index (κ3) is 6.14. The van der Waals surface area contributed by atoms with Crippen LogP contribution < -0.4 is 14.9 Å². The second kappa shape index (κ2) is 11.3. The molecule has 0 heterocycles. The normalized spacial score (nSPS) is 25.3. The second-order valence-corrected chi connectivity index (χ2v) is 13.6. The predicted molar refractivity (Wildman–Crippen MR) is 152 cm³/mol. The van der Waals surface area contributed by atoms with Crippen LogP contribution in [0.5, 0.6) is 0 Å². The Hall–Kier alpha value is -2.91. The van der Waals surface area contributed by atoms with Gasteiger partial charge in [-0.25, -0.2) is 8.42 Å². The molecule has 0 atom stereocenters. The number of nitrogens with zero attached hydrogens (tertiary/aromatic N) is 1. The minimum atomic E-state index is -3.73. The lowest BCUT2D eigenvalue weighted by atomic mass is 9.48. The van der Waals surface area contributed by atoms with Gasteiger partial charge in [-0.3, -0.25) is 13.9 Å². The van der Waals surface area contributed by atoms with Crippen molar-refractivity contribution in [3.05, 3.63) is 59.7 Å². The molecule has 0 unspecified atom stereocenters. The van der Waals surface area contributed by atoms with Crippen LogP contribution in [-0.2, 0) is 25.0 Å². The largest absolute Gasteiger partial charge is 0.385 e. The molecule has 0 radical (unpaired) electrons. The number of hydrogen-bond acceptors (Lipinski definition) is 5. The first-order valence-corrected chi connectivity index (χ1v) is 15.8. The van der Waals surface area contributed by atoms with E-state index in [0.717, 1.165) is 28.3 Å². The van der Waals surface area contributed by atoms with E-state index in [2.05, 4.69) is 22.8 Å². The number of amides is 2. The fraction of sp³-hybridized carbons (Fsp3) is 0.533. The van der Waals surface area contributed by atoms with Crippen molar-refractivity contribution in [3.63, 3.8) is 0 Å². The van der Waals surface area contributed by atoms with Crippen LogP contribution >= 0.6 is 0 Å². The molecule has 0 aromatic heterocycles. The molecule has 4 aliphatic carbocycles. The van der Waals surface area contributed by atoms with Crippen molar-refractivity contribution < 1.29 is 22.7 Å². The van der Waals surface area contributed by atoms with E-state index in [-0.39, 0.29) is 17.9 Å². The minimum Gasteiger partial charge on any atom is -0.385 e. The van der Waals surface area contributed by atoms with E-state index in [1.165, 1.54) is 44.1 Å². The molecule has 2 amide bonds. The molecule has 9 heteroatoms. The van der Waals surface area contributed by atoms with Gasteiger partial charge in [-0.15, -0.1) is 0 Å². The maximum Gasteiger partial charge on any atom is 0.253 e. The molecule has 0 aliphatic heterocycles. The molecule has 8 nitrogen and oxygen atoms in total. The Morgan fingerprint density at radius 1 is 0.974 bits per heavy atom. The molecule has 39 heavy (non-hydrogen) atoms. The highest BCUT2D eigenvalue weighted by molar-refractivity contribution is 7.92. The molecule has 4 bridgehead atoms. The zero-order chi connectivity index (χ0) is 27.6. The van der Waals surface area contributed by atoms with Crippen LogP contribution in [0.25, 0.3) is 0 Å². The highest BCUT2D eigenvalue weighted by Crippen LogP contribution is 2.60. The van der Waals surface area contributed by atoms with Gasteiger partial charge in [0.15, 0.2) is 0 Å². The zero-order valence-corrected chi connectivity index (χ0v) is 23.6. The van der Waals surface area contributed by atoms with Gasteiger partial charge in [0.05, 0.1) is 23.2 Å². The average molecular weight is 554 g/mol. The summed E-state index contributed by atoms with van der Waals surface area (Å²) >= 11 is 0. The predicted octanol–water partition coefficient (Wildman–Crippen LogP) is 4.33. The summed E-state index contributed by atoms with van der Waals surface area (Å²) in [7, 11) is -2.12. The Kier molecular flexibility index (Phi) is 8.01. The van der Waals surface area contributed by atoms with Gasteiger partial charge in [0.2, 0.25) is 15.9 Å². The van der Waals surface area contributed by atoms with Gasteiger partial charge in [-0.05, 0) is 97.9 Å². The quantitative estimate of drug-likeness (QED) is 0.403. The van der Waals surface area contributed by atoms with E-state index in [4.69, 9.17) is 4.74 Å². The van der Waals surface area contributed by atoms with E-state index in [1.54, 1.807) is 31.4 Å². The van der Waals surface area contributed by atoms with E-state index < -0.39 is 15.9 Å². The molecule has 6 rings (SSSR count). The van der Waals surface area contributed by atoms with Gasteiger partial charge in [0.1, 0.15) is 6.54 Å². The van der Waals surface area contributed by atoms with Crippen molar-refractivity contribution in [1.29, 1.82) is 0 Å². The third-order valence-electron chi connectivity index (χ3n) is 8.75. The molecule has 2 aromatic rings. The summed E-state index contributed by atoms with van der Waals surface area (Å²) in [5.74, 6) is 1.62. The summed E-state index contributed by atoms with van der Waals surface area (Å²) in [5, 5.41) is 5.55. The molecule has 0 saturated heterocycles. The first-order chi connectivity index (χ1) is 18.7. The van der Waals surface area contributed by atoms with Crippen LogP contribution in [0, 0.1) is 17.8 Å². The van der Waals surface area contributed by atoms with Crippen LogP contribution in [-0.4, -0.2) is 53.3 Å². The number of hydrogen-bond donors (Lipinski definition) is 2. The van der Waals surface area contributed by atoms with Crippen LogP contribution in [0.1, 0.15) is 60.9 Å². The first kappa shape index (κ1) is 27.6. The van der Waals surface area contributed by atoms with Gasteiger partial charge in [-0.1, -0.05) is 24.3 Å². The Labute approximate surface area is 231 Å². The Balaban J connectivity index is 1.28. The fourth-order valence-corrected chi connectivity index (χ4v) is 8.33. The number of nitrogens with one attached hydrogen (secondary N) is 2. The van der Waals surface area contributed by atoms with Crippen molar-refractivity contribution in [2.24, 2.45) is 17.8 Å². The molecular weight excluding hydrogens is 514 g/mol. The Morgan fingerprint density at radius 3 is 2.18 bits per heavy atom. The van der Waals surface area contributed by atoms with Gasteiger partial charge in [0, 0.05) is 20.3 Å². The van der Waals surface area contributed by atoms with Crippen molar-refractivity contribution in [1.82, 2.24) is 5.32 Å². The standard InChI is InChI=1S/C30H39N3O5S/c1-38-13-5-12-31-29(35)26-6-3-4-7-27(26)32-28(34)20-33(39(2,36)37)25-10-8-24(9-11-25)30-17-21-14-22(18-30)16-23(15-21)19-30/h3-4,6-11,21-23H,5,12-20H2,1-2H3,(H,31,35)(H,32,34). The number of anilines is 2. The molecule has 4 aliphatic rings. The highest BCUT2D eigenvalue weighted by Gasteiger charge is 2.51. The zero-order valence-electron chi connectivity index (χ0n) is 22.8. The number of para-hydroxylation sites is 1. The summed E-state index contributed by atoms with van der Waals surface area (Å²) in [5.41, 5.74) is 2.62. The van der Waals surface area contributed by atoms with Crippen LogP contribution in [0.3, 0.4) is 0 Å². The summed E-state index contributed by atoms with van der Waals surface area (Å²) in [6, 6.07) is 14.5. The number of methoxy groups -OCH3 is 1. The molecule has 4 fully saturated rings. The topological polar surface area (TPSA) is 105 Å². The molecule has 210 valence electrons. The smallest absolute Gasteiger partial charge is 0.253 e. The lowest BCUT2D eigenvalue weighted by Gasteiger charge is -2.57. The maximum atomic E-state index is 13.0. The Bertz CT molecular complexity index is 1270. The van der Waals surface area contributed by atoms with E-state index in [9.17, 15) is 18.0 Å². The molecule has 0 spiro atoms. The molecular formula is C30H39N3O5S. The van der Waals surface area contributed by atoms with Crippen molar-refractivity contribution >= 4 is 33.2 Å². The van der Waals surface area contributed by atoms with Gasteiger partial charge in [0.25, 0.3) is 5.91 Å². The van der Waals surface area contributed by atoms with Gasteiger partial charge in [-0.2, -0.15) is 0 Å². The van der Waals surface area contributed by atoms with E-state index in [1.807, 2.05) is 12.1 Å². The van der Waals surface area contributed by atoms with Gasteiger partial charge < -0.3 is 15.4 Å². The Morgan fingerprint density at radius 2 is 1.59 bits per heavy atom. The van der Waals surface area contributed by atoms with Crippen molar-refractivity contribution in [2.45, 2.75) is 50.4 Å². The highest BCUT2D eigenvalue weighted by atomic mass is 32.2. The number of ether oxygens (including phenoxy) is 1. The molecule has 4 saturated carbocycles. The van der Waals surface area contributed by atoms with Crippen LogP contribution in [0.4, 0.5) is 11.4 Å². The molecule has 2 aromatic carbocycles. The lowest BCUT2D eigenvalue weighted by Crippen LogP contribution is -2.48. The lowest BCUT2D eigenvalue weighted by molar-refractivity contribution is -0.114. The summed E-state index contributed by atoms with van der Waals surface area (Å²) in [6.07, 6.45) is 9.57. The summed E-state index contributed by atoms with van der Waals surface area (Å²) in [4.78, 5) is 25.7. The summed E-state index contributed by atoms with van der Waals surface area (Å²) < 4.78 is 31.6. The third-order valence-corrected chi connectivity index (χ3v) is 9.89. The van der Waals surface area contributed by atoms with E-state index >= 15 is 0 Å². The number of sulfonamides is 1.